The largest absolute Gasteiger partial charge is 0.399 e. The highest BCUT2D eigenvalue weighted by atomic mass is 14.5. The average molecular weight is 259 g/mol. The predicted octanol–water partition coefficient (Wildman–Crippen LogP) is 4.91. The molecule has 0 radical (unpaired) electrons. The molecule has 3 aromatic rings. The van der Waals surface area contributed by atoms with Crippen LogP contribution in [0.1, 0.15) is 5.56 Å². The second-order valence-electron chi connectivity index (χ2n) is 4.99. The van der Waals surface area contributed by atoms with E-state index in [1.807, 2.05) is 12.1 Å². The van der Waals surface area contributed by atoms with Crippen molar-refractivity contribution in [3.63, 3.8) is 0 Å². The van der Waals surface area contributed by atoms with Gasteiger partial charge in [0.05, 0.1) is 0 Å². The number of rotatable bonds is 2. The van der Waals surface area contributed by atoms with E-state index in [0.717, 1.165) is 5.69 Å². The molecule has 0 fully saturated rings. The second kappa shape index (κ2) is 5.22. The van der Waals surface area contributed by atoms with Crippen molar-refractivity contribution in [2.45, 2.75) is 6.92 Å². The second-order valence-corrected chi connectivity index (χ2v) is 4.99. The van der Waals surface area contributed by atoms with Gasteiger partial charge in [-0.25, -0.2) is 0 Å². The molecular weight excluding hydrogens is 242 g/mol. The van der Waals surface area contributed by atoms with E-state index < -0.39 is 0 Å². The lowest BCUT2D eigenvalue weighted by molar-refractivity contribution is 1.46. The minimum Gasteiger partial charge on any atom is -0.399 e. The monoisotopic (exact) mass is 259 g/mol. The summed E-state index contributed by atoms with van der Waals surface area (Å²) in [6.45, 7) is 2.13. The van der Waals surface area contributed by atoms with Crippen molar-refractivity contribution in [3.05, 3.63) is 78.4 Å². The molecule has 1 heteroatoms. The molecule has 20 heavy (non-hydrogen) atoms. The molecule has 3 aromatic carbocycles. The normalized spacial score (nSPS) is 10.4. The van der Waals surface area contributed by atoms with Gasteiger partial charge in [0.25, 0.3) is 0 Å². The highest BCUT2D eigenvalue weighted by Crippen LogP contribution is 2.35. The summed E-state index contributed by atoms with van der Waals surface area (Å²) in [6, 6.07) is 25.0. The maximum absolute atomic E-state index is 5.99. The van der Waals surface area contributed by atoms with Gasteiger partial charge in [-0.2, -0.15) is 0 Å². The Balaban J connectivity index is 2.25. The molecule has 0 aliphatic heterocycles. The fraction of sp³-hybridized carbons (Fsp3) is 0.0526. The van der Waals surface area contributed by atoms with Crippen LogP contribution < -0.4 is 5.73 Å². The standard InChI is InChI=1S/C19H17N/c1-14-7-5-6-10-17(14)19-13-16(20)11-12-18(19)15-8-3-2-4-9-15/h2-13H,20H2,1H3. The Morgan fingerprint density at radius 1 is 0.650 bits per heavy atom. The van der Waals surface area contributed by atoms with Crippen molar-refractivity contribution >= 4 is 5.69 Å². The van der Waals surface area contributed by atoms with Crippen molar-refractivity contribution in [3.8, 4) is 22.3 Å². The molecule has 0 bridgehead atoms. The summed E-state index contributed by atoms with van der Waals surface area (Å²) in [6.07, 6.45) is 0. The maximum Gasteiger partial charge on any atom is 0.0320 e. The summed E-state index contributed by atoms with van der Waals surface area (Å²) in [4.78, 5) is 0. The van der Waals surface area contributed by atoms with Crippen LogP contribution in [0.4, 0.5) is 5.69 Å². The van der Waals surface area contributed by atoms with Crippen LogP contribution in [0.25, 0.3) is 22.3 Å². The van der Waals surface area contributed by atoms with Crippen molar-refractivity contribution < 1.29 is 0 Å². The van der Waals surface area contributed by atoms with E-state index in [-0.39, 0.29) is 0 Å². The third-order valence-electron chi connectivity index (χ3n) is 3.56. The molecule has 3 rings (SSSR count). The van der Waals surface area contributed by atoms with E-state index >= 15 is 0 Å². The van der Waals surface area contributed by atoms with Crippen LogP contribution in [0.3, 0.4) is 0 Å². The first-order valence-corrected chi connectivity index (χ1v) is 6.76. The maximum atomic E-state index is 5.99. The summed E-state index contributed by atoms with van der Waals surface area (Å²) in [5.74, 6) is 0. The smallest absolute Gasteiger partial charge is 0.0320 e. The molecular formula is C19H17N. The molecule has 2 N–H and O–H groups in total. The van der Waals surface area contributed by atoms with Gasteiger partial charge in [-0.05, 0) is 46.9 Å². The Bertz CT molecular complexity index is 730. The first-order chi connectivity index (χ1) is 9.75. The van der Waals surface area contributed by atoms with Crippen molar-refractivity contribution in [2.24, 2.45) is 0 Å². The summed E-state index contributed by atoms with van der Waals surface area (Å²) in [7, 11) is 0. The number of nitrogens with two attached hydrogens (primary N) is 1. The minimum absolute atomic E-state index is 0.794. The molecule has 0 aliphatic carbocycles. The van der Waals surface area contributed by atoms with Crippen LogP contribution >= 0.6 is 0 Å². The van der Waals surface area contributed by atoms with E-state index in [2.05, 4.69) is 67.6 Å². The SMILES string of the molecule is Cc1ccccc1-c1cc(N)ccc1-c1ccccc1. The van der Waals surface area contributed by atoms with Gasteiger partial charge in [-0.15, -0.1) is 0 Å². The van der Waals surface area contributed by atoms with E-state index in [0.29, 0.717) is 0 Å². The molecule has 0 amide bonds. The van der Waals surface area contributed by atoms with Gasteiger partial charge in [0.1, 0.15) is 0 Å². The molecule has 1 nitrogen and oxygen atoms in total. The Labute approximate surface area is 119 Å². The molecule has 0 saturated carbocycles. The lowest BCUT2D eigenvalue weighted by atomic mass is 9.92. The first kappa shape index (κ1) is 12.5. The summed E-state index contributed by atoms with van der Waals surface area (Å²) < 4.78 is 0. The van der Waals surface area contributed by atoms with Crippen molar-refractivity contribution in [1.29, 1.82) is 0 Å². The van der Waals surface area contributed by atoms with Gasteiger partial charge in [0.2, 0.25) is 0 Å². The topological polar surface area (TPSA) is 26.0 Å². The van der Waals surface area contributed by atoms with Crippen LogP contribution in [0, 0.1) is 6.92 Å². The Morgan fingerprint density at radius 3 is 2.10 bits per heavy atom. The highest BCUT2D eigenvalue weighted by molar-refractivity contribution is 5.86. The van der Waals surface area contributed by atoms with Gasteiger partial charge in [0, 0.05) is 5.69 Å². The number of nitrogen functional groups attached to an aromatic ring is 1. The fourth-order valence-electron chi connectivity index (χ4n) is 2.53. The van der Waals surface area contributed by atoms with E-state index in [1.54, 1.807) is 0 Å². The van der Waals surface area contributed by atoms with Crippen LogP contribution in [0.2, 0.25) is 0 Å². The van der Waals surface area contributed by atoms with Gasteiger partial charge < -0.3 is 5.73 Å². The zero-order valence-electron chi connectivity index (χ0n) is 11.5. The zero-order valence-corrected chi connectivity index (χ0v) is 11.5. The fourth-order valence-corrected chi connectivity index (χ4v) is 2.53. The molecule has 0 saturated heterocycles. The average Bonchev–Trinajstić information content (AvgIpc) is 2.48. The Hall–Kier alpha value is -2.54. The van der Waals surface area contributed by atoms with Gasteiger partial charge in [-0.3, -0.25) is 0 Å². The lowest BCUT2D eigenvalue weighted by Gasteiger charge is -2.13. The highest BCUT2D eigenvalue weighted by Gasteiger charge is 2.09. The van der Waals surface area contributed by atoms with Crippen molar-refractivity contribution in [1.82, 2.24) is 0 Å². The minimum atomic E-state index is 0.794. The van der Waals surface area contributed by atoms with Crippen molar-refractivity contribution in [2.75, 3.05) is 5.73 Å². The summed E-state index contributed by atoms with van der Waals surface area (Å²) >= 11 is 0. The zero-order chi connectivity index (χ0) is 13.9. The number of benzene rings is 3. The first-order valence-electron chi connectivity index (χ1n) is 6.76. The summed E-state index contributed by atoms with van der Waals surface area (Å²) in [5, 5.41) is 0. The molecule has 0 atom stereocenters. The van der Waals surface area contributed by atoms with Crippen LogP contribution in [-0.4, -0.2) is 0 Å². The Kier molecular flexibility index (Phi) is 3.26. The molecule has 0 spiro atoms. The van der Waals surface area contributed by atoms with E-state index in [9.17, 15) is 0 Å². The number of hydrogen-bond acceptors (Lipinski definition) is 1. The molecule has 0 aliphatic rings. The third kappa shape index (κ3) is 2.30. The van der Waals surface area contributed by atoms with Crippen LogP contribution in [0.5, 0.6) is 0 Å². The number of hydrogen-bond donors (Lipinski definition) is 1. The molecule has 0 aromatic heterocycles. The molecule has 98 valence electrons. The quantitative estimate of drug-likeness (QED) is 0.650. The van der Waals surface area contributed by atoms with Gasteiger partial charge in [-0.1, -0.05) is 60.7 Å². The number of aryl methyl sites for hydroxylation is 1. The lowest BCUT2D eigenvalue weighted by Crippen LogP contribution is -1.91. The number of anilines is 1. The third-order valence-corrected chi connectivity index (χ3v) is 3.56. The Morgan fingerprint density at radius 2 is 1.35 bits per heavy atom. The van der Waals surface area contributed by atoms with Crippen LogP contribution in [0.15, 0.2) is 72.8 Å². The van der Waals surface area contributed by atoms with Gasteiger partial charge >= 0.3 is 0 Å². The van der Waals surface area contributed by atoms with E-state index in [4.69, 9.17) is 5.73 Å². The van der Waals surface area contributed by atoms with Gasteiger partial charge in [0.15, 0.2) is 0 Å². The van der Waals surface area contributed by atoms with Crippen LogP contribution in [-0.2, 0) is 0 Å². The summed E-state index contributed by atoms with van der Waals surface area (Å²) in [5.41, 5.74) is 12.9. The predicted molar refractivity (Wildman–Crippen MR) is 86.5 cm³/mol. The molecule has 0 heterocycles. The molecule has 0 unspecified atom stereocenters. The van der Waals surface area contributed by atoms with E-state index in [1.165, 1.54) is 27.8 Å².